The Kier molecular flexibility index (Phi) is 11.7. The summed E-state index contributed by atoms with van der Waals surface area (Å²) in [5.41, 5.74) is 1.03. The lowest BCUT2D eigenvalue weighted by Crippen LogP contribution is -2.39. The first kappa shape index (κ1) is 22.8. The molecule has 7 heteroatoms. The van der Waals surface area contributed by atoms with Gasteiger partial charge in [-0.25, -0.2) is 4.99 Å². The highest BCUT2D eigenvalue weighted by Crippen LogP contribution is 2.18. The third-order valence-corrected chi connectivity index (χ3v) is 3.38. The van der Waals surface area contributed by atoms with Crippen LogP contribution in [0, 0.1) is 0 Å². The number of pyridine rings is 1. The SMILES string of the molecule is C=CCOc1ccccc1CN=C(NCC)NCCOc1cccnc1.I. The molecule has 2 N–H and O–H groups in total. The van der Waals surface area contributed by atoms with Crippen LogP contribution in [0.25, 0.3) is 0 Å². The number of para-hydroxylation sites is 1. The van der Waals surface area contributed by atoms with E-state index in [0.717, 1.165) is 29.6 Å². The Hall–Kier alpha value is -2.29. The van der Waals surface area contributed by atoms with Gasteiger partial charge in [-0.1, -0.05) is 30.9 Å². The first-order valence-electron chi connectivity index (χ1n) is 8.70. The van der Waals surface area contributed by atoms with E-state index >= 15 is 0 Å². The molecule has 6 nitrogen and oxygen atoms in total. The summed E-state index contributed by atoms with van der Waals surface area (Å²) in [5.74, 6) is 2.32. The lowest BCUT2D eigenvalue weighted by atomic mass is 10.2. The van der Waals surface area contributed by atoms with Gasteiger partial charge in [-0.05, 0) is 25.1 Å². The molecule has 2 aromatic rings. The smallest absolute Gasteiger partial charge is 0.191 e. The summed E-state index contributed by atoms with van der Waals surface area (Å²) in [6, 6.07) is 11.6. The molecule has 0 amide bonds. The monoisotopic (exact) mass is 482 g/mol. The van der Waals surface area contributed by atoms with E-state index in [0.29, 0.717) is 26.3 Å². The van der Waals surface area contributed by atoms with Crippen LogP contribution in [0.3, 0.4) is 0 Å². The molecular formula is C20H27IN4O2. The minimum atomic E-state index is 0. The molecule has 1 heterocycles. The van der Waals surface area contributed by atoms with Gasteiger partial charge in [0.05, 0.1) is 19.3 Å². The summed E-state index contributed by atoms with van der Waals surface area (Å²) < 4.78 is 11.3. The number of aromatic nitrogens is 1. The van der Waals surface area contributed by atoms with Gasteiger partial charge in [0.15, 0.2) is 5.96 Å². The Morgan fingerprint density at radius 3 is 2.78 bits per heavy atom. The number of aliphatic imine (C=N–C) groups is 1. The van der Waals surface area contributed by atoms with E-state index in [9.17, 15) is 0 Å². The first-order valence-corrected chi connectivity index (χ1v) is 8.70. The maximum atomic E-state index is 5.67. The molecule has 146 valence electrons. The summed E-state index contributed by atoms with van der Waals surface area (Å²) in [4.78, 5) is 8.64. The number of benzene rings is 1. The van der Waals surface area contributed by atoms with Gasteiger partial charge in [0.1, 0.15) is 24.7 Å². The van der Waals surface area contributed by atoms with Gasteiger partial charge >= 0.3 is 0 Å². The van der Waals surface area contributed by atoms with E-state index in [2.05, 4.69) is 27.2 Å². The molecule has 0 saturated carbocycles. The van der Waals surface area contributed by atoms with Crippen molar-refractivity contribution < 1.29 is 9.47 Å². The molecular weight excluding hydrogens is 455 g/mol. The van der Waals surface area contributed by atoms with Crippen molar-refractivity contribution in [2.24, 2.45) is 4.99 Å². The van der Waals surface area contributed by atoms with Crippen molar-refractivity contribution in [2.75, 3.05) is 26.3 Å². The number of nitrogens with zero attached hydrogens (tertiary/aromatic N) is 2. The number of rotatable bonds is 10. The predicted octanol–water partition coefficient (Wildman–Crippen LogP) is 3.40. The molecule has 0 aliphatic heterocycles. The lowest BCUT2D eigenvalue weighted by Gasteiger charge is -2.13. The van der Waals surface area contributed by atoms with E-state index in [1.165, 1.54) is 0 Å². The molecule has 1 aromatic heterocycles. The minimum Gasteiger partial charge on any atom is -0.490 e. The van der Waals surface area contributed by atoms with Gasteiger partial charge in [-0.15, -0.1) is 24.0 Å². The fourth-order valence-corrected chi connectivity index (χ4v) is 2.20. The molecule has 0 aliphatic carbocycles. The molecule has 2 rings (SSSR count). The third-order valence-electron chi connectivity index (χ3n) is 3.38. The average Bonchev–Trinajstić information content (AvgIpc) is 2.69. The van der Waals surface area contributed by atoms with Gasteiger partial charge in [-0.3, -0.25) is 4.98 Å². The van der Waals surface area contributed by atoms with E-state index in [4.69, 9.17) is 9.47 Å². The van der Waals surface area contributed by atoms with E-state index in [-0.39, 0.29) is 24.0 Å². The highest BCUT2D eigenvalue weighted by atomic mass is 127. The second-order valence-corrected chi connectivity index (χ2v) is 5.37. The zero-order chi connectivity index (χ0) is 18.5. The van der Waals surface area contributed by atoms with Crippen LogP contribution in [0.5, 0.6) is 11.5 Å². The lowest BCUT2D eigenvalue weighted by molar-refractivity contribution is 0.320. The summed E-state index contributed by atoms with van der Waals surface area (Å²) in [6.07, 6.45) is 5.14. The summed E-state index contributed by atoms with van der Waals surface area (Å²) >= 11 is 0. The van der Waals surface area contributed by atoms with Gasteiger partial charge < -0.3 is 20.1 Å². The summed E-state index contributed by atoms with van der Waals surface area (Å²) in [5, 5.41) is 6.49. The number of nitrogens with one attached hydrogen (secondary N) is 2. The van der Waals surface area contributed by atoms with Crippen LogP contribution in [-0.4, -0.2) is 37.2 Å². The Balaban J connectivity index is 0.00000364. The first-order chi connectivity index (χ1) is 12.8. The van der Waals surface area contributed by atoms with E-state index < -0.39 is 0 Å². The Labute approximate surface area is 178 Å². The second kappa shape index (κ2) is 13.9. The van der Waals surface area contributed by atoms with Crippen molar-refractivity contribution >= 4 is 29.9 Å². The summed E-state index contributed by atoms with van der Waals surface area (Å²) in [7, 11) is 0. The van der Waals surface area contributed by atoms with Crippen molar-refractivity contribution in [3.8, 4) is 11.5 Å². The Bertz CT molecular complexity index is 695. The molecule has 0 fully saturated rings. The molecule has 0 spiro atoms. The van der Waals surface area contributed by atoms with E-state index in [1.807, 2.05) is 43.3 Å². The van der Waals surface area contributed by atoms with Crippen molar-refractivity contribution in [3.63, 3.8) is 0 Å². The molecule has 27 heavy (non-hydrogen) atoms. The van der Waals surface area contributed by atoms with Crippen LogP contribution >= 0.6 is 24.0 Å². The van der Waals surface area contributed by atoms with Crippen molar-refractivity contribution in [1.82, 2.24) is 15.6 Å². The number of hydrogen-bond acceptors (Lipinski definition) is 4. The third kappa shape index (κ3) is 8.76. The normalized spacial score (nSPS) is 10.5. The quantitative estimate of drug-likeness (QED) is 0.179. The molecule has 1 aromatic carbocycles. The fourth-order valence-electron chi connectivity index (χ4n) is 2.20. The molecule has 0 bridgehead atoms. The number of ether oxygens (including phenoxy) is 2. The highest BCUT2D eigenvalue weighted by molar-refractivity contribution is 14.0. The summed E-state index contributed by atoms with van der Waals surface area (Å²) in [6.45, 7) is 8.65. The van der Waals surface area contributed by atoms with E-state index in [1.54, 1.807) is 18.5 Å². The number of hydrogen-bond donors (Lipinski definition) is 2. The maximum absolute atomic E-state index is 5.67. The van der Waals surface area contributed by atoms with Gasteiger partial charge in [0.25, 0.3) is 0 Å². The van der Waals surface area contributed by atoms with Crippen LogP contribution in [0.15, 0.2) is 66.4 Å². The van der Waals surface area contributed by atoms with Crippen LogP contribution < -0.4 is 20.1 Å². The molecule has 0 radical (unpaired) electrons. The van der Waals surface area contributed by atoms with Crippen molar-refractivity contribution in [1.29, 1.82) is 0 Å². The largest absolute Gasteiger partial charge is 0.490 e. The van der Waals surface area contributed by atoms with Crippen LogP contribution in [0.1, 0.15) is 12.5 Å². The maximum Gasteiger partial charge on any atom is 0.191 e. The minimum absolute atomic E-state index is 0. The van der Waals surface area contributed by atoms with Gasteiger partial charge in [-0.2, -0.15) is 0 Å². The molecule has 0 atom stereocenters. The van der Waals surface area contributed by atoms with Gasteiger partial charge in [0.2, 0.25) is 0 Å². The predicted molar refractivity (Wildman–Crippen MR) is 120 cm³/mol. The van der Waals surface area contributed by atoms with Crippen LogP contribution in [0.4, 0.5) is 0 Å². The van der Waals surface area contributed by atoms with Crippen molar-refractivity contribution in [3.05, 3.63) is 67.0 Å². The second-order valence-electron chi connectivity index (χ2n) is 5.37. The number of halogens is 1. The topological polar surface area (TPSA) is 67.8 Å². The molecule has 0 unspecified atom stereocenters. The van der Waals surface area contributed by atoms with Crippen molar-refractivity contribution in [2.45, 2.75) is 13.5 Å². The Morgan fingerprint density at radius 1 is 1.19 bits per heavy atom. The fraction of sp³-hybridized carbons (Fsp3) is 0.300. The number of guanidine groups is 1. The molecule has 0 saturated heterocycles. The van der Waals surface area contributed by atoms with Crippen LogP contribution in [0.2, 0.25) is 0 Å². The highest BCUT2D eigenvalue weighted by Gasteiger charge is 2.03. The Morgan fingerprint density at radius 2 is 2.04 bits per heavy atom. The zero-order valence-electron chi connectivity index (χ0n) is 15.6. The average molecular weight is 482 g/mol. The van der Waals surface area contributed by atoms with Crippen LogP contribution in [-0.2, 0) is 6.54 Å². The van der Waals surface area contributed by atoms with Gasteiger partial charge in [0, 0.05) is 18.3 Å². The zero-order valence-corrected chi connectivity index (χ0v) is 17.9. The standard InChI is InChI=1S/C20H26N4O2.HI/c1-3-13-26-19-10-6-5-8-17(19)15-24-20(22-4-2)23-12-14-25-18-9-7-11-21-16-18;/h3,5-11,16H,1,4,12-15H2,2H3,(H2,22,23,24);1H. The molecule has 0 aliphatic rings.